The minimum atomic E-state index is -2.57. The van der Waals surface area contributed by atoms with Crippen LogP contribution in [0.3, 0.4) is 0 Å². The minimum Gasteiger partial charge on any atom is -0.349 e. The Balaban J connectivity index is 0.00000264. The molecule has 1 N–H and O–H groups in total. The Bertz CT molecular complexity index is 509. The number of aliphatic imine (C=N–C) groups is 1. The maximum atomic E-state index is 12.8. The van der Waals surface area contributed by atoms with Crippen LogP contribution in [0, 0.1) is 5.92 Å². The van der Waals surface area contributed by atoms with E-state index in [4.69, 9.17) is 0 Å². The molecule has 0 amide bonds. The first kappa shape index (κ1) is 20.5. The number of nitrogens with one attached hydrogen (secondary N) is 1. The first-order valence-electron chi connectivity index (χ1n) is 7.40. The first-order chi connectivity index (χ1) is 10.5. The standard InChI is InChI=1S/C14H23F2N5S.HI/c1-10(2)11-9-20(6-7-22-11)14(17-3)19-8-12-18-4-5-21(12)13(15)16;/h4-5,10-11,13H,6-9H2,1-3H3,(H,17,19);1H. The van der Waals surface area contributed by atoms with Gasteiger partial charge in [0.2, 0.25) is 0 Å². The second kappa shape index (κ2) is 9.65. The molecule has 1 saturated heterocycles. The van der Waals surface area contributed by atoms with E-state index in [1.165, 1.54) is 12.4 Å². The topological polar surface area (TPSA) is 45.5 Å². The molecule has 1 aliphatic rings. The SMILES string of the molecule is CN=C(NCc1nccn1C(F)F)N1CCSC(C(C)C)C1.I. The van der Waals surface area contributed by atoms with Crippen molar-refractivity contribution in [3.8, 4) is 0 Å². The van der Waals surface area contributed by atoms with E-state index in [9.17, 15) is 8.78 Å². The molecule has 1 unspecified atom stereocenters. The van der Waals surface area contributed by atoms with E-state index >= 15 is 0 Å². The zero-order chi connectivity index (χ0) is 16.1. The van der Waals surface area contributed by atoms with Crippen molar-refractivity contribution in [1.82, 2.24) is 19.8 Å². The molecule has 1 fully saturated rings. The predicted octanol–water partition coefficient (Wildman–Crippen LogP) is 3.05. The number of halogens is 3. The van der Waals surface area contributed by atoms with Gasteiger partial charge in [-0.05, 0) is 5.92 Å². The van der Waals surface area contributed by atoms with Crippen molar-refractivity contribution in [2.75, 3.05) is 25.9 Å². The van der Waals surface area contributed by atoms with E-state index in [0.717, 1.165) is 29.4 Å². The minimum absolute atomic E-state index is 0. The number of nitrogens with zero attached hydrogens (tertiary/aromatic N) is 4. The first-order valence-corrected chi connectivity index (χ1v) is 8.44. The Labute approximate surface area is 157 Å². The molecule has 1 aliphatic heterocycles. The van der Waals surface area contributed by atoms with Crippen molar-refractivity contribution in [3.63, 3.8) is 0 Å². The number of imidazole rings is 1. The summed E-state index contributed by atoms with van der Waals surface area (Å²) in [7, 11) is 1.72. The molecule has 23 heavy (non-hydrogen) atoms. The Morgan fingerprint density at radius 3 is 2.87 bits per heavy atom. The summed E-state index contributed by atoms with van der Waals surface area (Å²) in [4.78, 5) is 10.4. The highest BCUT2D eigenvalue weighted by Crippen LogP contribution is 2.24. The molecule has 1 aromatic heterocycles. The molecule has 1 aromatic rings. The highest BCUT2D eigenvalue weighted by Gasteiger charge is 2.25. The molecular weight excluding hydrogens is 435 g/mol. The fraction of sp³-hybridized carbons (Fsp3) is 0.714. The van der Waals surface area contributed by atoms with Gasteiger partial charge in [0.05, 0.1) is 6.54 Å². The largest absolute Gasteiger partial charge is 0.349 e. The lowest BCUT2D eigenvalue weighted by Crippen LogP contribution is -2.49. The van der Waals surface area contributed by atoms with Gasteiger partial charge in [0.15, 0.2) is 5.96 Å². The zero-order valence-corrected chi connectivity index (χ0v) is 16.7. The molecule has 0 aliphatic carbocycles. The van der Waals surface area contributed by atoms with Crippen LogP contribution in [0.2, 0.25) is 0 Å². The third-order valence-corrected chi connectivity index (χ3v) is 5.25. The summed E-state index contributed by atoms with van der Waals surface area (Å²) in [5, 5.41) is 3.71. The predicted molar refractivity (Wildman–Crippen MR) is 102 cm³/mol. The normalized spacial score (nSPS) is 19.2. The molecule has 2 rings (SSSR count). The number of thioether (sulfide) groups is 1. The zero-order valence-electron chi connectivity index (χ0n) is 13.6. The molecule has 0 saturated carbocycles. The second-order valence-electron chi connectivity index (χ2n) is 5.53. The third kappa shape index (κ3) is 5.47. The molecule has 132 valence electrons. The van der Waals surface area contributed by atoms with E-state index in [1.807, 2.05) is 11.8 Å². The number of rotatable bonds is 4. The van der Waals surface area contributed by atoms with Gasteiger partial charge in [0.25, 0.3) is 0 Å². The summed E-state index contributed by atoms with van der Waals surface area (Å²) in [5.74, 6) is 2.70. The van der Waals surface area contributed by atoms with Crippen molar-refractivity contribution in [3.05, 3.63) is 18.2 Å². The number of aromatic nitrogens is 2. The second-order valence-corrected chi connectivity index (χ2v) is 6.88. The van der Waals surface area contributed by atoms with Gasteiger partial charge < -0.3 is 10.2 Å². The fourth-order valence-electron chi connectivity index (χ4n) is 2.42. The van der Waals surface area contributed by atoms with E-state index < -0.39 is 6.55 Å². The van der Waals surface area contributed by atoms with Gasteiger partial charge in [0, 0.05) is 43.5 Å². The Hall–Kier alpha value is -0.580. The molecule has 9 heteroatoms. The van der Waals surface area contributed by atoms with Gasteiger partial charge in [-0.1, -0.05) is 13.8 Å². The average molecular weight is 459 g/mol. The Kier molecular flexibility index (Phi) is 8.59. The highest BCUT2D eigenvalue weighted by atomic mass is 127. The molecule has 5 nitrogen and oxygen atoms in total. The van der Waals surface area contributed by atoms with Crippen molar-refractivity contribution >= 4 is 41.7 Å². The van der Waals surface area contributed by atoms with Crippen LogP contribution in [-0.2, 0) is 6.54 Å². The van der Waals surface area contributed by atoms with Crippen molar-refractivity contribution in [2.24, 2.45) is 10.9 Å². The summed E-state index contributed by atoms with van der Waals surface area (Å²) in [6, 6.07) is 0. The van der Waals surface area contributed by atoms with Crippen LogP contribution in [0.25, 0.3) is 0 Å². The number of alkyl halides is 2. The van der Waals surface area contributed by atoms with E-state index in [2.05, 4.69) is 34.0 Å². The molecule has 0 bridgehead atoms. The van der Waals surface area contributed by atoms with E-state index in [0.29, 0.717) is 17.0 Å². The van der Waals surface area contributed by atoms with Crippen molar-refractivity contribution in [2.45, 2.75) is 32.2 Å². The van der Waals surface area contributed by atoms with Crippen LogP contribution in [0.4, 0.5) is 8.78 Å². The molecule has 0 aromatic carbocycles. The quantitative estimate of drug-likeness (QED) is 0.427. The number of guanidine groups is 1. The number of hydrogen-bond acceptors (Lipinski definition) is 3. The van der Waals surface area contributed by atoms with E-state index in [-0.39, 0.29) is 30.5 Å². The Morgan fingerprint density at radius 1 is 1.52 bits per heavy atom. The van der Waals surface area contributed by atoms with Crippen LogP contribution in [0.5, 0.6) is 0 Å². The van der Waals surface area contributed by atoms with E-state index in [1.54, 1.807) is 7.05 Å². The average Bonchev–Trinajstić information content (AvgIpc) is 2.97. The number of hydrogen-bond donors (Lipinski definition) is 1. The fourth-order valence-corrected chi connectivity index (χ4v) is 3.72. The van der Waals surface area contributed by atoms with Gasteiger partial charge in [-0.15, -0.1) is 24.0 Å². The lowest BCUT2D eigenvalue weighted by Gasteiger charge is -2.36. The van der Waals surface area contributed by atoms with Gasteiger partial charge in [0.1, 0.15) is 5.82 Å². The van der Waals surface area contributed by atoms with Crippen LogP contribution in [0.15, 0.2) is 17.4 Å². The summed E-state index contributed by atoms with van der Waals surface area (Å²) in [6.07, 6.45) is 2.68. The van der Waals surface area contributed by atoms with Crippen molar-refractivity contribution < 1.29 is 8.78 Å². The Morgan fingerprint density at radius 2 is 2.26 bits per heavy atom. The smallest absolute Gasteiger partial charge is 0.319 e. The molecule has 2 heterocycles. The lowest BCUT2D eigenvalue weighted by molar-refractivity contribution is 0.0668. The van der Waals surface area contributed by atoms with Crippen molar-refractivity contribution in [1.29, 1.82) is 0 Å². The van der Waals surface area contributed by atoms with Gasteiger partial charge in [-0.25, -0.2) is 4.98 Å². The van der Waals surface area contributed by atoms with Crippen LogP contribution >= 0.6 is 35.7 Å². The summed E-state index contributed by atoms with van der Waals surface area (Å²) in [6.45, 7) is 3.94. The van der Waals surface area contributed by atoms with Crippen LogP contribution < -0.4 is 5.32 Å². The molecule has 0 spiro atoms. The highest BCUT2D eigenvalue weighted by molar-refractivity contribution is 14.0. The summed E-state index contributed by atoms with van der Waals surface area (Å²) in [5.41, 5.74) is 0. The molecule has 0 radical (unpaired) electrons. The summed E-state index contributed by atoms with van der Waals surface area (Å²) >= 11 is 1.99. The lowest BCUT2D eigenvalue weighted by atomic mass is 10.1. The van der Waals surface area contributed by atoms with Gasteiger partial charge >= 0.3 is 6.55 Å². The molecular formula is C14H24F2IN5S. The maximum absolute atomic E-state index is 12.8. The molecule has 1 atom stereocenters. The maximum Gasteiger partial charge on any atom is 0.319 e. The van der Waals surface area contributed by atoms with Gasteiger partial charge in [-0.2, -0.15) is 20.5 Å². The van der Waals surface area contributed by atoms with Crippen LogP contribution in [0.1, 0.15) is 26.2 Å². The summed E-state index contributed by atoms with van der Waals surface area (Å²) < 4.78 is 26.5. The van der Waals surface area contributed by atoms with Crippen LogP contribution in [-0.4, -0.2) is 51.6 Å². The van der Waals surface area contributed by atoms with Gasteiger partial charge in [-0.3, -0.25) is 9.56 Å². The monoisotopic (exact) mass is 459 g/mol. The third-order valence-electron chi connectivity index (χ3n) is 3.71.